The van der Waals surface area contributed by atoms with Gasteiger partial charge in [0.1, 0.15) is 36.1 Å². The SMILES string of the molecule is COc1c(-c2ccc(C=O)cc2)c(OC)c(-c2ccc(C=O)cc2)c(OC)c1-c1ccc(C=O)cc1. The molecule has 0 radical (unpaired) electrons. The zero-order chi connectivity index (χ0) is 25.7. The van der Waals surface area contributed by atoms with E-state index < -0.39 is 0 Å². The van der Waals surface area contributed by atoms with E-state index in [1.807, 2.05) is 36.4 Å². The summed E-state index contributed by atoms with van der Waals surface area (Å²) in [5.74, 6) is 1.53. The first kappa shape index (κ1) is 24.4. The highest BCUT2D eigenvalue weighted by molar-refractivity contribution is 6.00. The van der Waals surface area contributed by atoms with E-state index in [1.54, 1.807) is 57.7 Å². The van der Waals surface area contributed by atoms with Crippen molar-refractivity contribution in [2.75, 3.05) is 21.3 Å². The van der Waals surface area contributed by atoms with Crippen LogP contribution < -0.4 is 14.2 Å². The Labute approximate surface area is 209 Å². The van der Waals surface area contributed by atoms with Crippen molar-refractivity contribution in [3.05, 3.63) is 89.5 Å². The number of carbonyl (C=O) groups excluding carboxylic acids is 3. The number of hydrogen-bond acceptors (Lipinski definition) is 6. The molecule has 0 saturated carbocycles. The van der Waals surface area contributed by atoms with Gasteiger partial charge in [0.2, 0.25) is 0 Å². The maximum absolute atomic E-state index is 11.3. The quantitative estimate of drug-likeness (QED) is 0.267. The molecule has 6 heteroatoms. The van der Waals surface area contributed by atoms with E-state index in [9.17, 15) is 14.4 Å². The average Bonchev–Trinajstić information content (AvgIpc) is 2.95. The van der Waals surface area contributed by atoms with Gasteiger partial charge in [-0.2, -0.15) is 0 Å². The van der Waals surface area contributed by atoms with Crippen LogP contribution in [0, 0.1) is 0 Å². The fourth-order valence-electron chi connectivity index (χ4n) is 4.27. The second kappa shape index (κ2) is 10.7. The lowest BCUT2D eigenvalue weighted by Crippen LogP contribution is -2.03. The minimum absolute atomic E-state index is 0.509. The predicted molar refractivity (Wildman–Crippen MR) is 139 cm³/mol. The monoisotopic (exact) mass is 480 g/mol. The van der Waals surface area contributed by atoms with E-state index in [2.05, 4.69) is 0 Å². The fourth-order valence-corrected chi connectivity index (χ4v) is 4.27. The van der Waals surface area contributed by atoms with Crippen molar-refractivity contribution in [1.82, 2.24) is 0 Å². The van der Waals surface area contributed by atoms with Crippen LogP contribution in [0.25, 0.3) is 33.4 Å². The average molecular weight is 481 g/mol. The van der Waals surface area contributed by atoms with Gasteiger partial charge in [-0.05, 0) is 16.7 Å². The highest BCUT2D eigenvalue weighted by Crippen LogP contribution is 2.56. The molecular formula is C30H24O6. The molecule has 4 rings (SSSR count). The molecule has 36 heavy (non-hydrogen) atoms. The number of hydrogen-bond donors (Lipinski definition) is 0. The van der Waals surface area contributed by atoms with Crippen molar-refractivity contribution in [1.29, 1.82) is 0 Å². The van der Waals surface area contributed by atoms with Crippen molar-refractivity contribution < 1.29 is 28.6 Å². The van der Waals surface area contributed by atoms with E-state index in [-0.39, 0.29) is 0 Å². The molecule has 4 aromatic rings. The number of carbonyl (C=O) groups is 3. The summed E-state index contributed by atoms with van der Waals surface area (Å²) in [5.41, 5.74) is 5.94. The van der Waals surface area contributed by atoms with Gasteiger partial charge in [0.05, 0.1) is 38.0 Å². The van der Waals surface area contributed by atoms with Gasteiger partial charge < -0.3 is 14.2 Å². The second-order valence-corrected chi connectivity index (χ2v) is 7.94. The lowest BCUT2D eigenvalue weighted by Gasteiger charge is -2.25. The molecule has 0 aliphatic rings. The van der Waals surface area contributed by atoms with Crippen molar-refractivity contribution in [3.8, 4) is 50.6 Å². The van der Waals surface area contributed by atoms with Gasteiger partial charge in [0.25, 0.3) is 0 Å². The van der Waals surface area contributed by atoms with E-state index in [0.717, 1.165) is 35.5 Å². The van der Waals surface area contributed by atoms with Gasteiger partial charge in [0.15, 0.2) is 0 Å². The minimum Gasteiger partial charge on any atom is -0.495 e. The molecule has 0 fully saturated rings. The lowest BCUT2D eigenvalue weighted by molar-refractivity contribution is 0.111. The molecule has 0 heterocycles. The van der Waals surface area contributed by atoms with Gasteiger partial charge in [-0.15, -0.1) is 0 Å². The summed E-state index contributed by atoms with van der Waals surface area (Å²) in [6, 6.07) is 21.3. The van der Waals surface area contributed by atoms with Crippen LogP contribution in [0.3, 0.4) is 0 Å². The molecular weight excluding hydrogens is 456 g/mol. The number of methoxy groups -OCH3 is 3. The van der Waals surface area contributed by atoms with Crippen LogP contribution in [0.15, 0.2) is 72.8 Å². The first-order valence-corrected chi connectivity index (χ1v) is 11.1. The summed E-state index contributed by atoms with van der Waals surface area (Å²) in [6.45, 7) is 0. The Hall–Kier alpha value is -4.71. The third-order valence-corrected chi connectivity index (χ3v) is 5.98. The number of aldehydes is 3. The highest BCUT2D eigenvalue weighted by Gasteiger charge is 2.29. The molecule has 180 valence electrons. The normalized spacial score (nSPS) is 10.4. The topological polar surface area (TPSA) is 78.9 Å². The van der Waals surface area contributed by atoms with Crippen LogP contribution in [0.5, 0.6) is 17.2 Å². The predicted octanol–water partition coefficient (Wildman–Crippen LogP) is 6.15. The van der Waals surface area contributed by atoms with Gasteiger partial charge in [-0.1, -0.05) is 72.8 Å². The molecule has 0 spiro atoms. The smallest absolute Gasteiger partial charge is 0.150 e. The summed E-state index contributed by atoms with van der Waals surface area (Å²) in [6.07, 6.45) is 2.35. The van der Waals surface area contributed by atoms with Crippen LogP contribution in [0.1, 0.15) is 31.1 Å². The number of ether oxygens (including phenoxy) is 3. The Kier molecular flexibility index (Phi) is 7.25. The third kappa shape index (κ3) is 4.36. The largest absolute Gasteiger partial charge is 0.495 e. The molecule has 6 nitrogen and oxygen atoms in total. The summed E-state index contributed by atoms with van der Waals surface area (Å²) in [7, 11) is 4.71. The Balaban J connectivity index is 2.16. The summed E-state index contributed by atoms with van der Waals surface area (Å²) in [4.78, 5) is 33.8. The van der Waals surface area contributed by atoms with Crippen LogP contribution in [0.2, 0.25) is 0 Å². The van der Waals surface area contributed by atoms with Crippen molar-refractivity contribution in [3.63, 3.8) is 0 Å². The standard InChI is InChI=1S/C30H24O6/c1-34-28-25(22-10-4-19(16-31)5-11-22)29(35-2)27(24-14-8-21(18-33)9-15-24)30(36-3)26(28)23-12-6-20(17-32)7-13-23/h4-18H,1-3H3. The Morgan fingerprint density at radius 3 is 0.806 bits per heavy atom. The summed E-state index contributed by atoms with van der Waals surface area (Å²) < 4.78 is 17.9. The summed E-state index contributed by atoms with van der Waals surface area (Å²) in [5, 5.41) is 0. The van der Waals surface area contributed by atoms with E-state index in [0.29, 0.717) is 50.6 Å². The molecule has 0 aromatic heterocycles. The molecule has 0 unspecified atom stereocenters. The van der Waals surface area contributed by atoms with E-state index in [4.69, 9.17) is 14.2 Å². The molecule has 4 aromatic carbocycles. The zero-order valence-electron chi connectivity index (χ0n) is 20.1. The van der Waals surface area contributed by atoms with Crippen LogP contribution in [-0.4, -0.2) is 40.2 Å². The van der Waals surface area contributed by atoms with Gasteiger partial charge in [0, 0.05) is 16.7 Å². The van der Waals surface area contributed by atoms with Gasteiger partial charge in [-0.25, -0.2) is 0 Å². The molecule has 0 aliphatic heterocycles. The molecule has 0 amide bonds. The van der Waals surface area contributed by atoms with Crippen molar-refractivity contribution in [2.24, 2.45) is 0 Å². The molecule has 0 atom stereocenters. The first-order chi connectivity index (χ1) is 17.6. The van der Waals surface area contributed by atoms with Crippen LogP contribution in [-0.2, 0) is 0 Å². The fraction of sp³-hybridized carbons (Fsp3) is 0.100. The maximum Gasteiger partial charge on any atom is 0.150 e. The summed E-state index contributed by atoms with van der Waals surface area (Å²) >= 11 is 0. The Morgan fingerprint density at radius 1 is 0.417 bits per heavy atom. The zero-order valence-corrected chi connectivity index (χ0v) is 20.1. The molecule has 0 aliphatic carbocycles. The van der Waals surface area contributed by atoms with Gasteiger partial charge in [-0.3, -0.25) is 14.4 Å². The minimum atomic E-state index is 0.509. The Morgan fingerprint density at radius 2 is 0.639 bits per heavy atom. The van der Waals surface area contributed by atoms with Crippen molar-refractivity contribution in [2.45, 2.75) is 0 Å². The first-order valence-electron chi connectivity index (χ1n) is 11.1. The second-order valence-electron chi connectivity index (χ2n) is 7.94. The highest BCUT2D eigenvalue weighted by atomic mass is 16.5. The molecule has 0 N–H and O–H groups in total. The van der Waals surface area contributed by atoms with E-state index >= 15 is 0 Å². The Bertz CT molecular complexity index is 1210. The number of rotatable bonds is 9. The lowest BCUT2D eigenvalue weighted by atomic mass is 9.88. The van der Waals surface area contributed by atoms with Crippen LogP contribution >= 0.6 is 0 Å². The molecule has 0 saturated heterocycles. The van der Waals surface area contributed by atoms with E-state index in [1.165, 1.54) is 0 Å². The van der Waals surface area contributed by atoms with Crippen LogP contribution in [0.4, 0.5) is 0 Å². The maximum atomic E-state index is 11.3. The number of benzene rings is 4. The van der Waals surface area contributed by atoms with Gasteiger partial charge >= 0.3 is 0 Å². The molecule has 0 bridgehead atoms. The third-order valence-electron chi connectivity index (χ3n) is 5.98. The van der Waals surface area contributed by atoms with Crippen molar-refractivity contribution >= 4 is 18.9 Å².